The summed E-state index contributed by atoms with van der Waals surface area (Å²) in [4.78, 5) is 12.2. The zero-order valence-corrected chi connectivity index (χ0v) is 12.3. The molecule has 1 saturated carbocycles. The van der Waals surface area contributed by atoms with Crippen molar-refractivity contribution in [1.82, 2.24) is 15.0 Å². The lowest BCUT2D eigenvalue weighted by Crippen LogP contribution is -2.19. The molecule has 0 spiro atoms. The summed E-state index contributed by atoms with van der Waals surface area (Å²) >= 11 is 7.72. The van der Waals surface area contributed by atoms with Crippen molar-refractivity contribution < 1.29 is 4.74 Å². The Labute approximate surface area is 116 Å². The molecule has 1 N–H and O–H groups in total. The first-order valence-corrected chi connectivity index (χ1v) is 7.50. The molecule has 1 aromatic rings. The van der Waals surface area contributed by atoms with E-state index < -0.39 is 0 Å². The molecular formula is C11H17ClN4OS. The zero-order chi connectivity index (χ0) is 13.2. The highest BCUT2D eigenvalue weighted by Crippen LogP contribution is 2.46. The van der Waals surface area contributed by atoms with Crippen LogP contribution in [-0.2, 0) is 0 Å². The van der Waals surface area contributed by atoms with Crippen LogP contribution in [-0.4, -0.2) is 38.6 Å². The second-order valence-electron chi connectivity index (χ2n) is 4.62. The summed E-state index contributed by atoms with van der Waals surface area (Å²) in [6.45, 7) is 4.67. The number of aromatic nitrogens is 3. The van der Waals surface area contributed by atoms with Gasteiger partial charge in [0.2, 0.25) is 11.2 Å². The number of halogens is 1. The van der Waals surface area contributed by atoms with Gasteiger partial charge < -0.3 is 10.1 Å². The molecule has 100 valence electrons. The third kappa shape index (κ3) is 3.62. The number of ether oxygens (including phenoxy) is 1. The van der Waals surface area contributed by atoms with Gasteiger partial charge in [-0.25, -0.2) is 0 Å². The molecule has 0 amide bonds. The van der Waals surface area contributed by atoms with E-state index >= 15 is 0 Å². The van der Waals surface area contributed by atoms with Crippen LogP contribution in [0.15, 0.2) is 0 Å². The van der Waals surface area contributed by atoms with Gasteiger partial charge in [-0.05, 0) is 44.5 Å². The number of thioether (sulfide) groups is 1. The Kier molecular flexibility index (Phi) is 4.17. The summed E-state index contributed by atoms with van der Waals surface area (Å²) in [5.74, 6) is 0.478. The molecule has 0 aliphatic heterocycles. The summed E-state index contributed by atoms with van der Waals surface area (Å²) in [6, 6.07) is 0.265. The highest BCUT2D eigenvalue weighted by Gasteiger charge is 2.41. The maximum absolute atomic E-state index is 5.85. The minimum Gasteiger partial charge on any atom is -0.461 e. The average molecular weight is 289 g/mol. The number of nitrogens with one attached hydrogen (secondary N) is 1. The van der Waals surface area contributed by atoms with Crippen molar-refractivity contribution in [3.8, 4) is 6.01 Å². The molecule has 5 nitrogen and oxygen atoms in total. The van der Waals surface area contributed by atoms with Gasteiger partial charge in [0.1, 0.15) is 0 Å². The fraction of sp³-hybridized carbons (Fsp3) is 0.727. The molecule has 1 fully saturated rings. The topological polar surface area (TPSA) is 59.9 Å². The molecule has 0 unspecified atom stereocenters. The molecule has 1 aliphatic carbocycles. The van der Waals surface area contributed by atoms with Gasteiger partial charge in [-0.1, -0.05) is 0 Å². The third-order valence-corrected chi connectivity index (χ3v) is 4.33. The minimum absolute atomic E-state index is 0.0114. The Bertz CT molecular complexity index is 426. The van der Waals surface area contributed by atoms with Crippen LogP contribution < -0.4 is 10.1 Å². The smallest absolute Gasteiger partial charge is 0.322 e. The Morgan fingerprint density at radius 1 is 1.39 bits per heavy atom. The molecule has 0 aromatic carbocycles. The summed E-state index contributed by atoms with van der Waals surface area (Å²) in [7, 11) is 0. The quantitative estimate of drug-likeness (QED) is 0.868. The SMILES string of the molecule is CSC1(CNc2nc(Cl)nc(OC(C)C)n2)CC1. The Morgan fingerprint density at radius 3 is 2.67 bits per heavy atom. The predicted octanol–water partition coefficient (Wildman–Crippen LogP) is 2.62. The Hall–Kier alpha value is -0.750. The normalized spacial score (nSPS) is 16.7. The molecule has 0 atom stereocenters. The Morgan fingerprint density at radius 2 is 2.11 bits per heavy atom. The largest absolute Gasteiger partial charge is 0.461 e. The van der Waals surface area contributed by atoms with Gasteiger partial charge in [-0.2, -0.15) is 26.7 Å². The number of anilines is 1. The molecule has 0 saturated heterocycles. The lowest BCUT2D eigenvalue weighted by Gasteiger charge is -2.13. The van der Waals surface area contributed by atoms with E-state index in [0.29, 0.717) is 10.7 Å². The summed E-state index contributed by atoms with van der Waals surface area (Å²) in [5, 5.41) is 3.36. The zero-order valence-electron chi connectivity index (χ0n) is 10.7. The van der Waals surface area contributed by atoms with Gasteiger partial charge in [0.25, 0.3) is 0 Å². The van der Waals surface area contributed by atoms with Crippen LogP contribution in [0.25, 0.3) is 0 Å². The summed E-state index contributed by atoms with van der Waals surface area (Å²) in [6.07, 6.45) is 4.60. The van der Waals surface area contributed by atoms with Crippen molar-refractivity contribution in [1.29, 1.82) is 0 Å². The maximum Gasteiger partial charge on any atom is 0.322 e. The minimum atomic E-state index is 0.0114. The van der Waals surface area contributed by atoms with Crippen molar-refractivity contribution in [2.45, 2.75) is 37.5 Å². The van der Waals surface area contributed by atoms with Crippen LogP contribution in [0.5, 0.6) is 6.01 Å². The van der Waals surface area contributed by atoms with Gasteiger partial charge in [0.05, 0.1) is 6.10 Å². The van der Waals surface area contributed by atoms with Crippen LogP contribution in [0.4, 0.5) is 5.95 Å². The first-order chi connectivity index (χ1) is 8.53. The van der Waals surface area contributed by atoms with E-state index in [1.54, 1.807) is 0 Å². The van der Waals surface area contributed by atoms with E-state index in [4.69, 9.17) is 16.3 Å². The third-order valence-electron chi connectivity index (χ3n) is 2.74. The fourth-order valence-electron chi connectivity index (χ4n) is 1.51. The van der Waals surface area contributed by atoms with Gasteiger partial charge in [-0.3, -0.25) is 0 Å². The van der Waals surface area contributed by atoms with Crippen molar-refractivity contribution >= 4 is 29.3 Å². The molecule has 18 heavy (non-hydrogen) atoms. The van der Waals surface area contributed by atoms with Crippen LogP contribution in [0, 0.1) is 0 Å². The number of nitrogens with zero attached hydrogens (tertiary/aromatic N) is 3. The molecule has 1 heterocycles. The van der Waals surface area contributed by atoms with Crippen LogP contribution in [0.2, 0.25) is 5.28 Å². The van der Waals surface area contributed by atoms with Gasteiger partial charge in [0.15, 0.2) is 0 Å². The second kappa shape index (κ2) is 5.48. The number of rotatable bonds is 6. The highest BCUT2D eigenvalue weighted by atomic mass is 35.5. The summed E-state index contributed by atoms with van der Waals surface area (Å²) in [5.41, 5.74) is 0. The van der Waals surface area contributed by atoms with E-state index in [1.165, 1.54) is 12.8 Å². The number of hydrogen-bond donors (Lipinski definition) is 1. The van der Waals surface area contributed by atoms with Crippen LogP contribution in [0.3, 0.4) is 0 Å². The maximum atomic E-state index is 5.85. The van der Waals surface area contributed by atoms with Gasteiger partial charge in [-0.15, -0.1) is 0 Å². The molecule has 0 radical (unpaired) electrons. The predicted molar refractivity (Wildman–Crippen MR) is 74.6 cm³/mol. The van der Waals surface area contributed by atoms with Crippen molar-refractivity contribution in [3.05, 3.63) is 5.28 Å². The molecule has 7 heteroatoms. The van der Waals surface area contributed by atoms with E-state index in [0.717, 1.165) is 6.54 Å². The Balaban J connectivity index is 2.01. The molecular weight excluding hydrogens is 272 g/mol. The molecule has 1 aromatic heterocycles. The molecule has 1 aliphatic rings. The first-order valence-electron chi connectivity index (χ1n) is 5.90. The first kappa shape index (κ1) is 13.7. The monoisotopic (exact) mass is 288 g/mol. The van der Waals surface area contributed by atoms with Crippen molar-refractivity contribution in [2.75, 3.05) is 18.1 Å². The highest BCUT2D eigenvalue weighted by molar-refractivity contribution is 8.00. The van der Waals surface area contributed by atoms with Crippen LogP contribution >= 0.6 is 23.4 Å². The van der Waals surface area contributed by atoms with Gasteiger partial charge in [0, 0.05) is 11.3 Å². The van der Waals surface area contributed by atoms with Gasteiger partial charge >= 0.3 is 6.01 Å². The lowest BCUT2D eigenvalue weighted by atomic mass is 10.4. The van der Waals surface area contributed by atoms with Crippen molar-refractivity contribution in [3.63, 3.8) is 0 Å². The van der Waals surface area contributed by atoms with Crippen molar-refractivity contribution in [2.24, 2.45) is 0 Å². The average Bonchev–Trinajstić information content (AvgIpc) is 3.05. The lowest BCUT2D eigenvalue weighted by molar-refractivity contribution is 0.222. The molecule has 0 bridgehead atoms. The molecule has 2 rings (SSSR count). The van der Waals surface area contributed by atoms with Crippen LogP contribution in [0.1, 0.15) is 26.7 Å². The fourth-order valence-corrected chi connectivity index (χ4v) is 2.39. The van der Waals surface area contributed by atoms with E-state index in [1.807, 2.05) is 25.6 Å². The van der Waals surface area contributed by atoms with E-state index in [9.17, 15) is 0 Å². The van der Waals surface area contributed by atoms with E-state index in [-0.39, 0.29) is 17.4 Å². The standard InChI is InChI=1S/C11H17ClN4OS/c1-7(2)17-10-15-8(12)14-9(16-10)13-6-11(18-3)4-5-11/h7H,4-6H2,1-3H3,(H,13,14,15,16). The number of hydrogen-bond acceptors (Lipinski definition) is 6. The second-order valence-corrected chi connectivity index (χ2v) is 6.23. The van der Waals surface area contributed by atoms with E-state index in [2.05, 4.69) is 26.5 Å². The summed E-state index contributed by atoms with van der Waals surface area (Å²) < 4.78 is 5.76.